The molecule has 0 N–H and O–H groups in total. The number of hydrogen-bond acceptors (Lipinski definition) is 3. The van der Waals surface area contributed by atoms with Crippen molar-refractivity contribution in [3.63, 3.8) is 0 Å². The van der Waals surface area contributed by atoms with Gasteiger partial charge in [0, 0.05) is 5.39 Å². The molecule has 1 aliphatic rings. The van der Waals surface area contributed by atoms with Crippen LogP contribution in [0.4, 0.5) is 0 Å². The zero-order valence-electron chi connectivity index (χ0n) is 13.9. The molecule has 1 fully saturated rings. The van der Waals surface area contributed by atoms with Crippen LogP contribution in [0.25, 0.3) is 10.9 Å². The summed E-state index contributed by atoms with van der Waals surface area (Å²) in [5.74, 6) is -0.0675. The molecule has 124 valence electrons. The first-order valence-electron chi connectivity index (χ1n) is 8.21. The van der Waals surface area contributed by atoms with Crippen molar-refractivity contribution in [1.29, 1.82) is 0 Å². The summed E-state index contributed by atoms with van der Waals surface area (Å²) in [5.41, 5.74) is 0.651. The van der Waals surface area contributed by atoms with Crippen molar-refractivity contribution in [3.8, 4) is 0 Å². The summed E-state index contributed by atoms with van der Waals surface area (Å²) in [6.07, 6.45) is 3.52. The highest BCUT2D eigenvalue weighted by Gasteiger charge is 2.31. The largest absolute Gasteiger partial charge is 0.460 e. The van der Waals surface area contributed by atoms with Crippen molar-refractivity contribution in [1.82, 2.24) is 9.78 Å². The van der Waals surface area contributed by atoms with Crippen molar-refractivity contribution < 1.29 is 9.53 Å². The number of nitrogens with zero attached hydrogens (tertiary/aromatic N) is 2. The molecule has 23 heavy (non-hydrogen) atoms. The van der Waals surface area contributed by atoms with Crippen LogP contribution in [0.3, 0.4) is 0 Å². The third-order valence-corrected chi connectivity index (χ3v) is 4.63. The molecule has 4 nitrogen and oxygen atoms in total. The van der Waals surface area contributed by atoms with Gasteiger partial charge in [-0.25, -0.2) is 0 Å². The number of halogens is 1. The lowest BCUT2D eigenvalue weighted by atomic mass is 9.86. The zero-order valence-corrected chi connectivity index (χ0v) is 14.6. The van der Waals surface area contributed by atoms with Crippen LogP contribution in [0.1, 0.15) is 52.5 Å². The molecule has 0 amide bonds. The van der Waals surface area contributed by atoms with E-state index in [1.165, 1.54) is 0 Å². The average molecular weight is 335 g/mol. The molecule has 0 saturated heterocycles. The second-order valence-corrected chi connectivity index (χ2v) is 7.65. The lowest BCUT2D eigenvalue weighted by Crippen LogP contribution is -2.31. The smallest absolute Gasteiger partial charge is 0.309 e. The van der Waals surface area contributed by atoms with Crippen LogP contribution in [-0.2, 0) is 9.53 Å². The van der Waals surface area contributed by atoms with Gasteiger partial charge in [0.1, 0.15) is 5.60 Å². The number of rotatable bonds is 2. The maximum absolute atomic E-state index is 12.2. The van der Waals surface area contributed by atoms with E-state index < -0.39 is 5.60 Å². The van der Waals surface area contributed by atoms with Gasteiger partial charge in [-0.3, -0.25) is 9.48 Å². The molecule has 5 heteroatoms. The summed E-state index contributed by atoms with van der Waals surface area (Å²) in [6.45, 7) is 5.73. The second-order valence-electron chi connectivity index (χ2n) is 7.29. The van der Waals surface area contributed by atoms with Gasteiger partial charge in [-0.05, 0) is 58.6 Å². The first-order chi connectivity index (χ1) is 10.8. The molecule has 0 atom stereocenters. The first kappa shape index (κ1) is 16.3. The van der Waals surface area contributed by atoms with Crippen LogP contribution in [0, 0.1) is 5.92 Å². The third kappa shape index (κ3) is 3.52. The molecule has 1 aromatic carbocycles. The number of para-hydroxylation sites is 1. The zero-order chi connectivity index (χ0) is 16.6. The molecule has 1 aromatic heterocycles. The summed E-state index contributed by atoms with van der Waals surface area (Å²) >= 11 is 6.24. The molecule has 1 heterocycles. The Morgan fingerprint density at radius 1 is 1.22 bits per heavy atom. The molecule has 2 aromatic rings. The normalized spacial score (nSPS) is 22.3. The maximum atomic E-state index is 12.2. The fourth-order valence-electron chi connectivity index (χ4n) is 3.27. The van der Waals surface area contributed by atoms with Gasteiger partial charge in [0.2, 0.25) is 0 Å². The molecule has 0 aliphatic heterocycles. The van der Waals surface area contributed by atoms with Gasteiger partial charge < -0.3 is 4.74 Å². The van der Waals surface area contributed by atoms with Crippen LogP contribution in [0.15, 0.2) is 24.3 Å². The second kappa shape index (κ2) is 6.16. The topological polar surface area (TPSA) is 44.1 Å². The van der Waals surface area contributed by atoms with Gasteiger partial charge in [-0.1, -0.05) is 23.7 Å². The first-order valence-corrected chi connectivity index (χ1v) is 8.58. The van der Waals surface area contributed by atoms with E-state index in [1.807, 2.05) is 49.7 Å². The van der Waals surface area contributed by atoms with Crippen molar-refractivity contribution in [2.24, 2.45) is 5.92 Å². The Balaban J connectivity index is 1.70. The molecule has 1 aliphatic carbocycles. The van der Waals surface area contributed by atoms with Crippen molar-refractivity contribution in [2.75, 3.05) is 0 Å². The van der Waals surface area contributed by atoms with Gasteiger partial charge in [0.25, 0.3) is 0 Å². The summed E-state index contributed by atoms with van der Waals surface area (Å²) in [7, 11) is 0. The highest BCUT2D eigenvalue weighted by atomic mass is 35.5. The third-order valence-electron chi connectivity index (χ3n) is 4.35. The molecule has 1 saturated carbocycles. The average Bonchev–Trinajstić information content (AvgIpc) is 2.83. The van der Waals surface area contributed by atoms with Crippen LogP contribution < -0.4 is 0 Å². The van der Waals surface area contributed by atoms with Crippen molar-refractivity contribution >= 4 is 28.5 Å². The van der Waals surface area contributed by atoms with E-state index in [9.17, 15) is 4.79 Å². The van der Waals surface area contributed by atoms with E-state index in [4.69, 9.17) is 16.3 Å². The Morgan fingerprint density at radius 2 is 1.87 bits per heavy atom. The van der Waals surface area contributed by atoms with Gasteiger partial charge in [0.15, 0.2) is 5.15 Å². The number of esters is 1. The molecular weight excluding hydrogens is 312 g/mol. The van der Waals surface area contributed by atoms with E-state index in [0.717, 1.165) is 36.6 Å². The fraction of sp³-hybridized carbons (Fsp3) is 0.556. The van der Waals surface area contributed by atoms with E-state index in [-0.39, 0.29) is 11.9 Å². The molecule has 0 unspecified atom stereocenters. The number of benzene rings is 1. The molecule has 0 spiro atoms. The standard InChI is InChI=1S/C18H23ClN2O2/c1-18(2,3)23-17(22)12-8-10-13(11-9-12)21-15-7-5-4-6-14(15)16(19)20-21/h4-7,12-13H,8-11H2,1-3H3. The monoisotopic (exact) mass is 334 g/mol. The van der Waals surface area contributed by atoms with Crippen LogP contribution in [0.5, 0.6) is 0 Å². The van der Waals surface area contributed by atoms with Crippen LogP contribution in [-0.4, -0.2) is 21.4 Å². The number of ether oxygens (including phenoxy) is 1. The van der Waals surface area contributed by atoms with Crippen LogP contribution >= 0.6 is 11.6 Å². The minimum atomic E-state index is -0.417. The quantitative estimate of drug-likeness (QED) is 0.743. The Kier molecular flexibility index (Phi) is 4.37. The number of fused-ring (bicyclic) bond motifs is 1. The van der Waals surface area contributed by atoms with E-state index in [0.29, 0.717) is 11.2 Å². The van der Waals surface area contributed by atoms with E-state index in [1.54, 1.807) is 0 Å². The van der Waals surface area contributed by atoms with Crippen LogP contribution in [0.2, 0.25) is 5.15 Å². The predicted octanol–water partition coefficient (Wildman–Crippen LogP) is 4.76. The summed E-state index contributed by atoms with van der Waals surface area (Å²) in [4.78, 5) is 12.2. The van der Waals surface area contributed by atoms with E-state index >= 15 is 0 Å². The van der Waals surface area contributed by atoms with E-state index in [2.05, 4.69) is 5.10 Å². The highest BCUT2D eigenvalue weighted by molar-refractivity contribution is 6.34. The highest BCUT2D eigenvalue weighted by Crippen LogP contribution is 2.36. The van der Waals surface area contributed by atoms with Gasteiger partial charge in [-0.2, -0.15) is 5.10 Å². The van der Waals surface area contributed by atoms with Crippen molar-refractivity contribution in [3.05, 3.63) is 29.4 Å². The molecule has 0 bridgehead atoms. The lowest BCUT2D eigenvalue weighted by molar-refractivity contribution is -0.161. The predicted molar refractivity (Wildman–Crippen MR) is 91.6 cm³/mol. The van der Waals surface area contributed by atoms with Gasteiger partial charge in [-0.15, -0.1) is 0 Å². The number of hydrogen-bond donors (Lipinski definition) is 0. The van der Waals surface area contributed by atoms with Gasteiger partial charge >= 0.3 is 5.97 Å². The SMILES string of the molecule is CC(C)(C)OC(=O)C1CCC(n2nc(Cl)c3ccccc32)CC1. The Morgan fingerprint density at radius 3 is 2.52 bits per heavy atom. The number of aromatic nitrogens is 2. The van der Waals surface area contributed by atoms with Crippen molar-refractivity contribution in [2.45, 2.75) is 58.1 Å². The molecule has 0 radical (unpaired) electrons. The summed E-state index contributed by atoms with van der Waals surface area (Å²) in [5, 5.41) is 6.05. The summed E-state index contributed by atoms with van der Waals surface area (Å²) < 4.78 is 7.54. The molecule has 3 rings (SSSR count). The fourth-order valence-corrected chi connectivity index (χ4v) is 3.51. The summed E-state index contributed by atoms with van der Waals surface area (Å²) in [6, 6.07) is 8.32. The number of carbonyl (C=O) groups is 1. The van der Waals surface area contributed by atoms with Gasteiger partial charge in [0.05, 0.1) is 17.5 Å². The molecular formula is C18H23ClN2O2. The minimum Gasteiger partial charge on any atom is -0.460 e. The maximum Gasteiger partial charge on any atom is 0.309 e. The Hall–Kier alpha value is -1.55. The Labute approximate surface area is 141 Å². The number of carbonyl (C=O) groups excluding carboxylic acids is 1. The Bertz CT molecular complexity index is 709. The lowest BCUT2D eigenvalue weighted by Gasteiger charge is -2.30. The minimum absolute atomic E-state index is 0.00257.